The fraction of sp³-hybridized carbons (Fsp3) is 0.160. The predicted molar refractivity (Wildman–Crippen MR) is 119 cm³/mol. The summed E-state index contributed by atoms with van der Waals surface area (Å²) in [7, 11) is 1.56. The van der Waals surface area contributed by atoms with Crippen LogP contribution in [0.3, 0.4) is 0 Å². The standard InChI is InChI=1S/C25H23N3O2/c1-15-5-8-18(9-6-15)23-26-24(20-11-7-16(2)13-17(20)3)28-25(27-23)21-12-10-19(30-4)14-22(21)29/h5-14,29H,1-4H3. The third-order valence-corrected chi connectivity index (χ3v) is 5.01. The summed E-state index contributed by atoms with van der Waals surface area (Å²) in [5, 5.41) is 10.5. The van der Waals surface area contributed by atoms with Gasteiger partial charge in [0, 0.05) is 17.2 Å². The van der Waals surface area contributed by atoms with E-state index in [2.05, 4.69) is 18.0 Å². The number of phenolic OH excluding ortho intramolecular Hbond substituents is 1. The van der Waals surface area contributed by atoms with Crippen LogP contribution in [0, 0.1) is 20.8 Å². The van der Waals surface area contributed by atoms with E-state index in [-0.39, 0.29) is 5.75 Å². The fourth-order valence-corrected chi connectivity index (χ4v) is 3.34. The average Bonchev–Trinajstić information content (AvgIpc) is 2.73. The first-order chi connectivity index (χ1) is 14.4. The average molecular weight is 397 g/mol. The number of phenols is 1. The highest BCUT2D eigenvalue weighted by atomic mass is 16.5. The van der Waals surface area contributed by atoms with E-state index in [1.165, 1.54) is 5.56 Å². The van der Waals surface area contributed by atoms with Gasteiger partial charge in [-0.2, -0.15) is 0 Å². The zero-order valence-corrected chi connectivity index (χ0v) is 17.5. The molecule has 0 saturated carbocycles. The zero-order valence-electron chi connectivity index (χ0n) is 17.5. The molecule has 5 nitrogen and oxygen atoms in total. The molecule has 5 heteroatoms. The van der Waals surface area contributed by atoms with Gasteiger partial charge in [0.15, 0.2) is 17.5 Å². The summed E-state index contributed by atoms with van der Waals surface area (Å²) in [5.41, 5.74) is 5.78. The molecule has 0 bridgehead atoms. The Hall–Kier alpha value is -3.73. The Morgan fingerprint density at radius 3 is 1.90 bits per heavy atom. The fourth-order valence-electron chi connectivity index (χ4n) is 3.34. The summed E-state index contributed by atoms with van der Waals surface area (Å²) in [6.45, 7) is 6.14. The molecule has 0 amide bonds. The van der Waals surface area contributed by atoms with E-state index in [0.29, 0.717) is 28.8 Å². The number of hydrogen-bond acceptors (Lipinski definition) is 5. The summed E-state index contributed by atoms with van der Waals surface area (Å²) in [5.74, 6) is 2.17. The molecule has 4 aromatic rings. The molecule has 0 spiro atoms. The molecule has 30 heavy (non-hydrogen) atoms. The number of methoxy groups -OCH3 is 1. The van der Waals surface area contributed by atoms with Crippen LogP contribution in [0.4, 0.5) is 0 Å². The van der Waals surface area contributed by atoms with Crippen molar-refractivity contribution in [3.8, 4) is 45.7 Å². The van der Waals surface area contributed by atoms with Gasteiger partial charge in [0.25, 0.3) is 0 Å². The molecule has 0 aliphatic carbocycles. The maximum absolute atomic E-state index is 10.5. The molecular formula is C25H23N3O2. The third kappa shape index (κ3) is 3.87. The molecule has 3 aromatic carbocycles. The Balaban J connectivity index is 1.93. The SMILES string of the molecule is COc1ccc(-c2nc(-c3ccc(C)cc3)nc(-c3ccc(C)cc3C)n2)c(O)c1. The molecule has 0 atom stereocenters. The number of aromatic hydroxyl groups is 1. The highest BCUT2D eigenvalue weighted by Crippen LogP contribution is 2.33. The highest BCUT2D eigenvalue weighted by Gasteiger charge is 2.16. The lowest BCUT2D eigenvalue weighted by molar-refractivity contribution is 0.408. The van der Waals surface area contributed by atoms with Gasteiger partial charge >= 0.3 is 0 Å². The van der Waals surface area contributed by atoms with E-state index >= 15 is 0 Å². The Morgan fingerprint density at radius 1 is 0.667 bits per heavy atom. The number of benzene rings is 3. The summed E-state index contributed by atoms with van der Waals surface area (Å²) < 4.78 is 5.20. The molecule has 1 aromatic heterocycles. The van der Waals surface area contributed by atoms with Crippen molar-refractivity contribution in [3.63, 3.8) is 0 Å². The predicted octanol–water partition coefficient (Wildman–Crippen LogP) is 5.51. The number of aromatic nitrogens is 3. The van der Waals surface area contributed by atoms with Crippen LogP contribution in [0.25, 0.3) is 34.2 Å². The minimum atomic E-state index is 0.0574. The lowest BCUT2D eigenvalue weighted by Crippen LogP contribution is -2.01. The van der Waals surface area contributed by atoms with Crippen molar-refractivity contribution in [2.24, 2.45) is 0 Å². The van der Waals surface area contributed by atoms with E-state index in [9.17, 15) is 5.11 Å². The van der Waals surface area contributed by atoms with Crippen molar-refractivity contribution in [3.05, 3.63) is 77.4 Å². The number of aryl methyl sites for hydroxylation is 3. The van der Waals surface area contributed by atoms with Gasteiger partial charge in [0.2, 0.25) is 0 Å². The lowest BCUT2D eigenvalue weighted by atomic mass is 10.0. The molecule has 0 aliphatic heterocycles. The molecule has 0 radical (unpaired) electrons. The van der Waals surface area contributed by atoms with Crippen molar-refractivity contribution in [1.29, 1.82) is 0 Å². The molecule has 1 N–H and O–H groups in total. The molecule has 150 valence electrons. The van der Waals surface area contributed by atoms with Gasteiger partial charge in [-0.05, 0) is 38.5 Å². The van der Waals surface area contributed by atoms with Crippen molar-refractivity contribution in [1.82, 2.24) is 15.0 Å². The Morgan fingerprint density at radius 2 is 1.27 bits per heavy atom. The van der Waals surface area contributed by atoms with Crippen molar-refractivity contribution in [2.75, 3.05) is 7.11 Å². The summed E-state index contributed by atoms with van der Waals surface area (Å²) in [6.07, 6.45) is 0. The second-order valence-electron chi connectivity index (χ2n) is 7.37. The summed E-state index contributed by atoms with van der Waals surface area (Å²) >= 11 is 0. The summed E-state index contributed by atoms with van der Waals surface area (Å²) in [4.78, 5) is 14.1. The first-order valence-electron chi connectivity index (χ1n) is 9.73. The molecule has 0 fully saturated rings. The largest absolute Gasteiger partial charge is 0.507 e. The van der Waals surface area contributed by atoms with E-state index in [1.807, 2.05) is 50.2 Å². The maximum Gasteiger partial charge on any atom is 0.167 e. The van der Waals surface area contributed by atoms with Crippen LogP contribution in [0.1, 0.15) is 16.7 Å². The van der Waals surface area contributed by atoms with Crippen molar-refractivity contribution in [2.45, 2.75) is 20.8 Å². The van der Waals surface area contributed by atoms with Crippen LogP contribution in [0.2, 0.25) is 0 Å². The van der Waals surface area contributed by atoms with Gasteiger partial charge < -0.3 is 9.84 Å². The third-order valence-electron chi connectivity index (χ3n) is 5.01. The molecule has 4 rings (SSSR count). The van der Waals surface area contributed by atoms with Crippen molar-refractivity contribution < 1.29 is 9.84 Å². The molecule has 0 saturated heterocycles. The monoisotopic (exact) mass is 397 g/mol. The van der Waals surface area contributed by atoms with Crippen LogP contribution >= 0.6 is 0 Å². The number of nitrogens with zero attached hydrogens (tertiary/aromatic N) is 3. The Bertz CT molecular complexity index is 1220. The van der Waals surface area contributed by atoms with Gasteiger partial charge in [0.05, 0.1) is 12.7 Å². The minimum absolute atomic E-state index is 0.0574. The van der Waals surface area contributed by atoms with Gasteiger partial charge in [-0.1, -0.05) is 53.6 Å². The quantitative estimate of drug-likeness (QED) is 0.492. The van der Waals surface area contributed by atoms with Gasteiger partial charge in [-0.3, -0.25) is 0 Å². The van der Waals surface area contributed by atoms with E-state index in [1.54, 1.807) is 25.3 Å². The van der Waals surface area contributed by atoms with Crippen LogP contribution in [-0.4, -0.2) is 27.2 Å². The van der Waals surface area contributed by atoms with Gasteiger partial charge in [-0.15, -0.1) is 0 Å². The number of rotatable bonds is 4. The van der Waals surface area contributed by atoms with Gasteiger partial charge in [-0.25, -0.2) is 15.0 Å². The second kappa shape index (κ2) is 7.95. The molecule has 1 heterocycles. The second-order valence-corrected chi connectivity index (χ2v) is 7.37. The molecular weight excluding hydrogens is 374 g/mol. The summed E-state index contributed by atoms with van der Waals surface area (Å²) in [6, 6.07) is 19.3. The van der Waals surface area contributed by atoms with Crippen molar-refractivity contribution >= 4 is 0 Å². The highest BCUT2D eigenvalue weighted by molar-refractivity contribution is 5.71. The van der Waals surface area contributed by atoms with Crippen LogP contribution in [-0.2, 0) is 0 Å². The minimum Gasteiger partial charge on any atom is -0.507 e. The van der Waals surface area contributed by atoms with Gasteiger partial charge in [0.1, 0.15) is 11.5 Å². The van der Waals surface area contributed by atoms with Crippen LogP contribution in [0.15, 0.2) is 60.7 Å². The first kappa shape index (κ1) is 19.6. The smallest absolute Gasteiger partial charge is 0.167 e. The topological polar surface area (TPSA) is 68.1 Å². The molecule has 0 unspecified atom stereocenters. The van der Waals surface area contributed by atoms with E-state index in [4.69, 9.17) is 14.7 Å². The Labute approximate surface area is 176 Å². The normalized spacial score (nSPS) is 10.8. The van der Waals surface area contributed by atoms with E-state index in [0.717, 1.165) is 22.3 Å². The molecule has 0 aliphatic rings. The number of ether oxygens (including phenoxy) is 1. The van der Waals surface area contributed by atoms with E-state index < -0.39 is 0 Å². The lowest BCUT2D eigenvalue weighted by Gasteiger charge is -2.11. The number of hydrogen-bond donors (Lipinski definition) is 1. The first-order valence-corrected chi connectivity index (χ1v) is 9.73. The van der Waals surface area contributed by atoms with Crippen LogP contribution < -0.4 is 4.74 Å². The van der Waals surface area contributed by atoms with Crippen LogP contribution in [0.5, 0.6) is 11.5 Å². The maximum atomic E-state index is 10.5. The zero-order chi connectivity index (χ0) is 21.3. The Kier molecular flexibility index (Phi) is 5.19.